The molecule has 0 radical (unpaired) electrons. The maximum atomic E-state index is 14.0. The Hall–Kier alpha value is -2.19. The van der Waals surface area contributed by atoms with Gasteiger partial charge in [0.1, 0.15) is 0 Å². The molecule has 2 aliphatic heterocycles. The molecule has 3 fully saturated rings. The number of benzene rings is 1. The molecule has 4 rings (SSSR count). The molecule has 2 heterocycles. The highest BCUT2D eigenvalue weighted by Gasteiger charge is 2.46. The van der Waals surface area contributed by atoms with Crippen LogP contribution >= 0.6 is 0 Å². The second kappa shape index (κ2) is 8.89. The lowest BCUT2D eigenvalue weighted by Gasteiger charge is -2.36. The SMILES string of the molecule is COc1c(F)cccc1N1CCN(CCCN2C(=O)C(C)C(NC3CC3)C2=O)CC1. The average molecular weight is 419 g/mol. The predicted molar refractivity (Wildman–Crippen MR) is 112 cm³/mol. The van der Waals surface area contributed by atoms with Crippen LogP contribution in [0.3, 0.4) is 0 Å². The molecule has 1 saturated carbocycles. The molecule has 2 amide bonds. The quantitative estimate of drug-likeness (QED) is 0.645. The molecule has 1 aromatic rings. The highest BCUT2D eigenvalue weighted by atomic mass is 19.1. The number of rotatable bonds is 8. The molecule has 2 saturated heterocycles. The second-order valence-electron chi connectivity index (χ2n) is 8.51. The van der Waals surface area contributed by atoms with Gasteiger partial charge in [-0.15, -0.1) is 0 Å². The van der Waals surface area contributed by atoms with Crippen LogP contribution in [0.1, 0.15) is 26.2 Å². The fourth-order valence-electron chi connectivity index (χ4n) is 4.43. The van der Waals surface area contributed by atoms with E-state index in [4.69, 9.17) is 4.74 Å². The number of anilines is 1. The maximum Gasteiger partial charge on any atom is 0.247 e. The van der Waals surface area contributed by atoms with Gasteiger partial charge in [0.2, 0.25) is 11.8 Å². The summed E-state index contributed by atoms with van der Waals surface area (Å²) < 4.78 is 19.2. The highest BCUT2D eigenvalue weighted by molar-refractivity contribution is 6.06. The van der Waals surface area contributed by atoms with Crippen molar-refractivity contribution in [1.82, 2.24) is 15.1 Å². The number of carbonyl (C=O) groups excluding carboxylic acids is 2. The van der Waals surface area contributed by atoms with E-state index < -0.39 is 0 Å². The van der Waals surface area contributed by atoms with E-state index in [0.29, 0.717) is 18.3 Å². The first kappa shape index (κ1) is 21.1. The minimum absolute atomic E-state index is 0.0545. The van der Waals surface area contributed by atoms with Crippen LogP contribution < -0.4 is 15.0 Å². The average Bonchev–Trinajstić information content (AvgIpc) is 3.55. The Kier molecular flexibility index (Phi) is 6.24. The Morgan fingerprint density at radius 3 is 2.50 bits per heavy atom. The van der Waals surface area contributed by atoms with Crippen LogP contribution in [0.2, 0.25) is 0 Å². The second-order valence-corrected chi connectivity index (χ2v) is 8.51. The molecule has 0 bridgehead atoms. The number of piperazine rings is 1. The summed E-state index contributed by atoms with van der Waals surface area (Å²) in [5.74, 6) is -0.451. The number of halogens is 1. The molecular weight excluding hydrogens is 387 g/mol. The van der Waals surface area contributed by atoms with Gasteiger partial charge in [0.15, 0.2) is 11.6 Å². The molecule has 1 aromatic carbocycles. The number of imide groups is 1. The fourth-order valence-corrected chi connectivity index (χ4v) is 4.43. The van der Waals surface area contributed by atoms with Crippen molar-refractivity contribution in [3.05, 3.63) is 24.0 Å². The molecule has 8 heteroatoms. The number of para-hydroxylation sites is 1. The number of carbonyl (C=O) groups is 2. The standard InChI is InChI=1S/C22H31FN4O3/c1-15-19(24-16-7-8-16)22(29)27(21(15)28)10-4-9-25-11-13-26(14-12-25)18-6-3-5-17(23)20(18)30-2/h3,5-6,15-16,19,24H,4,7-14H2,1-2H3. The van der Waals surface area contributed by atoms with E-state index >= 15 is 0 Å². The van der Waals surface area contributed by atoms with E-state index in [-0.39, 0.29) is 29.6 Å². The van der Waals surface area contributed by atoms with E-state index in [0.717, 1.165) is 57.7 Å². The van der Waals surface area contributed by atoms with Crippen molar-refractivity contribution in [2.75, 3.05) is 51.3 Å². The maximum absolute atomic E-state index is 14.0. The summed E-state index contributed by atoms with van der Waals surface area (Å²) in [4.78, 5) is 31.1. The van der Waals surface area contributed by atoms with Crippen LogP contribution in [0.15, 0.2) is 18.2 Å². The zero-order chi connectivity index (χ0) is 21.3. The summed E-state index contributed by atoms with van der Waals surface area (Å²) in [6, 6.07) is 5.05. The molecule has 0 spiro atoms. The molecule has 1 aliphatic carbocycles. The van der Waals surface area contributed by atoms with Gasteiger partial charge >= 0.3 is 0 Å². The monoisotopic (exact) mass is 418 g/mol. The third-order valence-corrected chi connectivity index (χ3v) is 6.40. The van der Waals surface area contributed by atoms with Crippen molar-refractivity contribution < 1.29 is 18.7 Å². The van der Waals surface area contributed by atoms with Gasteiger partial charge in [-0.3, -0.25) is 19.4 Å². The number of amides is 2. The minimum Gasteiger partial charge on any atom is -0.492 e. The topological polar surface area (TPSA) is 65.1 Å². The van der Waals surface area contributed by atoms with Crippen molar-refractivity contribution >= 4 is 17.5 Å². The van der Waals surface area contributed by atoms with Crippen molar-refractivity contribution in [2.45, 2.75) is 38.3 Å². The van der Waals surface area contributed by atoms with Gasteiger partial charge in [-0.1, -0.05) is 13.0 Å². The normalized spacial score (nSPS) is 25.3. The Morgan fingerprint density at radius 1 is 1.10 bits per heavy atom. The predicted octanol–water partition coefficient (Wildman–Crippen LogP) is 1.47. The van der Waals surface area contributed by atoms with E-state index in [2.05, 4.69) is 15.1 Å². The smallest absolute Gasteiger partial charge is 0.247 e. The van der Waals surface area contributed by atoms with Crippen molar-refractivity contribution in [1.29, 1.82) is 0 Å². The molecule has 164 valence electrons. The molecule has 2 unspecified atom stereocenters. The summed E-state index contributed by atoms with van der Waals surface area (Å²) in [6.45, 7) is 6.43. The largest absolute Gasteiger partial charge is 0.492 e. The van der Waals surface area contributed by atoms with E-state index in [1.807, 2.05) is 13.0 Å². The van der Waals surface area contributed by atoms with Crippen molar-refractivity contribution in [2.24, 2.45) is 5.92 Å². The molecule has 2 atom stereocenters. The fraction of sp³-hybridized carbons (Fsp3) is 0.636. The van der Waals surface area contributed by atoms with Gasteiger partial charge in [-0.2, -0.15) is 0 Å². The van der Waals surface area contributed by atoms with Crippen LogP contribution in [0.25, 0.3) is 0 Å². The molecule has 30 heavy (non-hydrogen) atoms. The highest BCUT2D eigenvalue weighted by Crippen LogP contribution is 2.31. The van der Waals surface area contributed by atoms with Gasteiger partial charge in [0, 0.05) is 38.8 Å². The van der Waals surface area contributed by atoms with E-state index in [1.54, 1.807) is 6.07 Å². The molecule has 1 N–H and O–H groups in total. The third kappa shape index (κ3) is 4.30. The molecule has 3 aliphatic rings. The van der Waals surface area contributed by atoms with Crippen molar-refractivity contribution in [3.63, 3.8) is 0 Å². The molecular formula is C22H31FN4O3. The first-order chi connectivity index (χ1) is 14.5. The first-order valence-electron chi connectivity index (χ1n) is 10.9. The van der Waals surface area contributed by atoms with Gasteiger partial charge in [0.05, 0.1) is 24.8 Å². The van der Waals surface area contributed by atoms with E-state index in [1.165, 1.54) is 18.1 Å². The van der Waals surface area contributed by atoms with E-state index in [9.17, 15) is 14.0 Å². The summed E-state index contributed by atoms with van der Waals surface area (Å²) in [7, 11) is 1.49. The van der Waals surface area contributed by atoms with Crippen molar-refractivity contribution in [3.8, 4) is 5.75 Å². The zero-order valence-electron chi connectivity index (χ0n) is 17.8. The van der Waals surface area contributed by atoms with Crippen LogP contribution in [0, 0.1) is 11.7 Å². The number of hydrogen-bond donors (Lipinski definition) is 1. The number of likely N-dealkylation sites (tertiary alicyclic amines) is 1. The summed E-state index contributed by atoms with van der Waals surface area (Å²) >= 11 is 0. The minimum atomic E-state index is -0.352. The van der Waals surface area contributed by atoms with Gasteiger partial charge in [-0.05, 0) is 37.9 Å². The first-order valence-corrected chi connectivity index (χ1v) is 10.9. The summed E-state index contributed by atoms with van der Waals surface area (Å²) in [6.07, 6.45) is 2.96. The number of hydrogen-bond acceptors (Lipinski definition) is 6. The Labute approximate surface area is 177 Å². The van der Waals surface area contributed by atoms with Crippen LogP contribution in [0.4, 0.5) is 10.1 Å². The summed E-state index contributed by atoms with van der Waals surface area (Å²) in [5.41, 5.74) is 0.786. The van der Waals surface area contributed by atoms with Crippen LogP contribution in [-0.2, 0) is 9.59 Å². The lowest BCUT2D eigenvalue weighted by molar-refractivity contribution is -0.139. The van der Waals surface area contributed by atoms with Crippen LogP contribution in [0.5, 0.6) is 5.75 Å². The van der Waals surface area contributed by atoms with Gasteiger partial charge < -0.3 is 15.0 Å². The Balaban J connectivity index is 1.24. The lowest BCUT2D eigenvalue weighted by Crippen LogP contribution is -2.47. The lowest BCUT2D eigenvalue weighted by atomic mass is 10.1. The number of ether oxygens (including phenoxy) is 1. The zero-order valence-corrected chi connectivity index (χ0v) is 17.8. The van der Waals surface area contributed by atoms with Gasteiger partial charge in [0.25, 0.3) is 0 Å². The number of nitrogens with zero attached hydrogens (tertiary/aromatic N) is 3. The Bertz CT molecular complexity index is 793. The number of nitrogens with one attached hydrogen (secondary N) is 1. The molecule has 7 nitrogen and oxygen atoms in total. The third-order valence-electron chi connectivity index (χ3n) is 6.40. The van der Waals surface area contributed by atoms with Gasteiger partial charge in [-0.25, -0.2) is 4.39 Å². The summed E-state index contributed by atoms with van der Waals surface area (Å²) in [5, 5.41) is 3.32. The van der Waals surface area contributed by atoms with Crippen LogP contribution in [-0.4, -0.2) is 80.1 Å². The molecule has 0 aromatic heterocycles. The number of methoxy groups -OCH3 is 1. The Morgan fingerprint density at radius 2 is 1.83 bits per heavy atom.